The Balaban J connectivity index is 1.71. The molecular weight excluding hydrogens is 348 g/mol. The molecule has 0 aromatic carbocycles. The summed E-state index contributed by atoms with van der Waals surface area (Å²) < 4.78 is 0. The SMILES string of the molecule is [SiH3]NCCCC(NC1CCCCC1)(NC1CCCCC1)NC1CCCCC1. The van der Waals surface area contributed by atoms with Gasteiger partial charge in [-0.2, -0.15) is 0 Å². The summed E-state index contributed by atoms with van der Waals surface area (Å²) in [6.07, 6.45) is 23.3. The average Bonchev–Trinajstić information content (AvgIpc) is 2.70. The zero-order valence-electron chi connectivity index (χ0n) is 18.0. The second-order valence-corrected chi connectivity index (χ2v) is 10.3. The average molecular weight is 395 g/mol. The zero-order valence-corrected chi connectivity index (χ0v) is 20.0. The number of rotatable bonds is 10. The van der Waals surface area contributed by atoms with E-state index < -0.39 is 0 Å². The lowest BCUT2D eigenvalue weighted by Gasteiger charge is -2.46. The van der Waals surface area contributed by atoms with Crippen LogP contribution < -0.4 is 20.9 Å². The van der Waals surface area contributed by atoms with E-state index in [1.165, 1.54) is 116 Å². The Kier molecular flexibility index (Phi) is 9.60. The standard InChI is InChI=1S/C22H46N4Si/c27-23-18-10-17-22(24-19-11-4-1-5-12-19,25-20-13-6-2-7-14-20)26-21-15-8-3-9-16-21/h19-21,23-26H,1-18H2,27H3. The molecule has 0 spiro atoms. The molecular formula is C22H46N4Si. The van der Waals surface area contributed by atoms with Gasteiger partial charge in [-0.05, 0) is 57.9 Å². The highest BCUT2D eigenvalue weighted by Crippen LogP contribution is 2.26. The summed E-state index contributed by atoms with van der Waals surface area (Å²) in [4.78, 5) is 3.51. The van der Waals surface area contributed by atoms with E-state index in [-0.39, 0.29) is 5.79 Å². The van der Waals surface area contributed by atoms with Gasteiger partial charge in [0.2, 0.25) is 0 Å². The lowest BCUT2D eigenvalue weighted by atomic mass is 9.90. The smallest absolute Gasteiger partial charge is 0.124 e. The van der Waals surface area contributed by atoms with Crippen molar-refractivity contribution < 1.29 is 0 Å². The topological polar surface area (TPSA) is 48.1 Å². The van der Waals surface area contributed by atoms with Crippen LogP contribution in [0, 0.1) is 0 Å². The first-order chi connectivity index (χ1) is 13.3. The van der Waals surface area contributed by atoms with Gasteiger partial charge in [0.1, 0.15) is 5.79 Å². The van der Waals surface area contributed by atoms with Crippen LogP contribution in [0.15, 0.2) is 0 Å². The quantitative estimate of drug-likeness (QED) is 0.261. The van der Waals surface area contributed by atoms with E-state index in [4.69, 9.17) is 0 Å². The summed E-state index contributed by atoms with van der Waals surface area (Å²) in [6, 6.07) is 2.07. The maximum atomic E-state index is 4.18. The zero-order chi connectivity index (χ0) is 18.8. The van der Waals surface area contributed by atoms with Crippen molar-refractivity contribution in [2.24, 2.45) is 0 Å². The summed E-state index contributed by atoms with van der Waals surface area (Å²) in [5.74, 6) is -0.0512. The fourth-order valence-electron chi connectivity index (χ4n) is 5.66. The van der Waals surface area contributed by atoms with Gasteiger partial charge < -0.3 is 4.98 Å². The maximum Gasteiger partial charge on any atom is 0.124 e. The fraction of sp³-hybridized carbons (Fsp3) is 1.00. The highest BCUT2D eigenvalue weighted by Gasteiger charge is 2.36. The Hall–Kier alpha value is 0.0569. The van der Waals surface area contributed by atoms with E-state index >= 15 is 0 Å². The summed E-state index contributed by atoms with van der Waals surface area (Å²) in [5, 5.41) is 12.6. The van der Waals surface area contributed by atoms with Crippen LogP contribution in [0.4, 0.5) is 0 Å². The molecule has 3 aliphatic rings. The van der Waals surface area contributed by atoms with Crippen molar-refractivity contribution in [1.29, 1.82) is 0 Å². The van der Waals surface area contributed by atoms with Crippen LogP contribution in [-0.2, 0) is 0 Å². The molecule has 0 radical (unpaired) electrons. The predicted octanol–water partition coefficient (Wildman–Crippen LogP) is 3.06. The van der Waals surface area contributed by atoms with E-state index in [1.807, 2.05) is 0 Å². The minimum absolute atomic E-state index is 0.0512. The molecule has 3 rings (SSSR count). The van der Waals surface area contributed by atoms with Gasteiger partial charge in [-0.3, -0.25) is 16.0 Å². The summed E-state index contributed by atoms with van der Waals surface area (Å²) in [5.41, 5.74) is 0. The molecule has 0 heterocycles. The van der Waals surface area contributed by atoms with Gasteiger partial charge in [0.15, 0.2) is 0 Å². The van der Waals surface area contributed by atoms with Gasteiger partial charge in [-0.25, -0.2) is 0 Å². The predicted molar refractivity (Wildman–Crippen MR) is 120 cm³/mol. The van der Waals surface area contributed by atoms with Crippen molar-refractivity contribution in [3.8, 4) is 0 Å². The molecule has 0 unspecified atom stereocenters. The lowest BCUT2D eigenvalue weighted by molar-refractivity contribution is 0.0937. The van der Waals surface area contributed by atoms with Crippen LogP contribution >= 0.6 is 0 Å². The van der Waals surface area contributed by atoms with Gasteiger partial charge in [0, 0.05) is 18.1 Å². The molecule has 5 heteroatoms. The molecule has 3 aliphatic carbocycles. The minimum Gasteiger partial charge on any atom is -0.345 e. The molecule has 0 amide bonds. The third-order valence-corrected chi connectivity index (χ3v) is 7.65. The molecule has 0 aliphatic heterocycles. The first-order valence-corrected chi connectivity index (χ1v) is 13.3. The van der Waals surface area contributed by atoms with Crippen molar-refractivity contribution in [1.82, 2.24) is 20.9 Å². The van der Waals surface area contributed by atoms with Crippen LogP contribution in [0.5, 0.6) is 0 Å². The van der Waals surface area contributed by atoms with Crippen LogP contribution in [0.2, 0.25) is 0 Å². The number of nitrogens with one attached hydrogen (secondary N) is 4. The molecule has 3 fully saturated rings. The van der Waals surface area contributed by atoms with Crippen LogP contribution in [0.1, 0.15) is 109 Å². The van der Waals surface area contributed by atoms with Gasteiger partial charge >= 0.3 is 0 Å². The number of hydrogen-bond acceptors (Lipinski definition) is 4. The van der Waals surface area contributed by atoms with Crippen molar-refractivity contribution >= 4 is 10.4 Å². The normalized spacial score (nSPS) is 24.4. The van der Waals surface area contributed by atoms with E-state index in [9.17, 15) is 0 Å². The Labute approximate surface area is 171 Å². The highest BCUT2D eigenvalue weighted by molar-refractivity contribution is 6.04. The van der Waals surface area contributed by atoms with Crippen molar-refractivity contribution in [2.75, 3.05) is 6.54 Å². The first-order valence-electron chi connectivity index (χ1n) is 12.3. The van der Waals surface area contributed by atoms with Crippen LogP contribution in [0.3, 0.4) is 0 Å². The molecule has 4 nitrogen and oxygen atoms in total. The van der Waals surface area contributed by atoms with Gasteiger partial charge in [0.05, 0.1) is 10.4 Å². The Bertz CT molecular complexity index is 337. The van der Waals surface area contributed by atoms with Crippen molar-refractivity contribution in [2.45, 2.75) is 133 Å². The second-order valence-electron chi connectivity index (χ2n) is 9.55. The lowest BCUT2D eigenvalue weighted by Crippen LogP contribution is -2.72. The maximum absolute atomic E-state index is 4.18. The van der Waals surface area contributed by atoms with Crippen LogP contribution in [-0.4, -0.2) is 40.9 Å². The molecule has 4 N–H and O–H groups in total. The minimum atomic E-state index is -0.0512. The molecule has 3 saturated carbocycles. The van der Waals surface area contributed by atoms with Gasteiger partial charge in [-0.1, -0.05) is 57.8 Å². The van der Waals surface area contributed by atoms with Crippen molar-refractivity contribution in [3.63, 3.8) is 0 Å². The molecule has 0 atom stereocenters. The van der Waals surface area contributed by atoms with E-state index in [1.54, 1.807) is 0 Å². The first kappa shape index (κ1) is 21.8. The largest absolute Gasteiger partial charge is 0.345 e. The molecule has 0 aromatic rings. The fourth-order valence-corrected chi connectivity index (χ4v) is 6.01. The van der Waals surface area contributed by atoms with Crippen molar-refractivity contribution in [3.05, 3.63) is 0 Å². The second kappa shape index (κ2) is 11.9. The molecule has 158 valence electrons. The summed E-state index contributed by atoms with van der Waals surface area (Å²) >= 11 is 0. The number of hydrogen-bond donors (Lipinski definition) is 4. The molecule has 0 aromatic heterocycles. The van der Waals surface area contributed by atoms with Crippen LogP contribution in [0.25, 0.3) is 0 Å². The van der Waals surface area contributed by atoms with E-state index in [0.29, 0.717) is 18.1 Å². The Morgan fingerprint density at radius 1 is 0.593 bits per heavy atom. The van der Waals surface area contributed by atoms with Gasteiger partial charge in [-0.15, -0.1) is 0 Å². The summed E-state index contributed by atoms with van der Waals surface area (Å²) in [6.45, 7) is 1.17. The summed E-state index contributed by atoms with van der Waals surface area (Å²) in [7, 11) is 1.11. The molecule has 0 saturated heterocycles. The Morgan fingerprint density at radius 3 is 1.30 bits per heavy atom. The van der Waals surface area contributed by atoms with Gasteiger partial charge in [0.25, 0.3) is 0 Å². The molecule has 27 heavy (non-hydrogen) atoms. The third-order valence-electron chi connectivity index (χ3n) is 7.15. The highest BCUT2D eigenvalue weighted by atomic mass is 28.2. The van der Waals surface area contributed by atoms with E-state index in [0.717, 1.165) is 10.4 Å². The van der Waals surface area contributed by atoms with E-state index in [2.05, 4.69) is 20.9 Å². The Morgan fingerprint density at radius 2 is 0.963 bits per heavy atom. The molecule has 0 bridgehead atoms. The third kappa shape index (κ3) is 7.43. The monoisotopic (exact) mass is 394 g/mol.